The van der Waals surface area contributed by atoms with Gasteiger partial charge in [-0.25, -0.2) is 9.97 Å². The highest BCUT2D eigenvalue weighted by Gasteiger charge is 2.03. The largest absolute Gasteiger partial charge is 0.338 e. The molecule has 0 aliphatic heterocycles. The molecule has 2 aromatic heterocycles. The normalized spacial score (nSPS) is 10.3. The molecule has 0 radical (unpaired) electrons. The first-order valence-electron chi connectivity index (χ1n) is 13.3. The van der Waals surface area contributed by atoms with Crippen molar-refractivity contribution in [3.63, 3.8) is 0 Å². The Morgan fingerprint density at radius 1 is 0.421 bits per heavy atom. The minimum absolute atomic E-state index is 0.833. The van der Waals surface area contributed by atoms with E-state index in [2.05, 4.69) is 85.7 Å². The van der Waals surface area contributed by atoms with Crippen molar-refractivity contribution in [1.82, 2.24) is 19.9 Å². The third-order valence-corrected chi connectivity index (χ3v) is 4.87. The molecule has 0 fully saturated rings. The van der Waals surface area contributed by atoms with Gasteiger partial charge >= 0.3 is 0 Å². The van der Waals surface area contributed by atoms with Gasteiger partial charge in [0.25, 0.3) is 0 Å². The second-order valence-electron chi connectivity index (χ2n) is 10.4. The molecule has 4 heteroatoms. The number of para-hydroxylation sites is 4. The quantitative estimate of drug-likeness (QED) is 0.246. The number of aromatic amines is 2. The van der Waals surface area contributed by atoms with Crippen LogP contribution >= 0.6 is 0 Å². The van der Waals surface area contributed by atoms with Gasteiger partial charge in [-0.3, -0.25) is 0 Å². The van der Waals surface area contributed by atoms with Crippen LogP contribution in [0.25, 0.3) is 44.8 Å². The fraction of sp³-hybridized carbons (Fsp3) is 0.235. The van der Waals surface area contributed by atoms with Gasteiger partial charge in [0.05, 0.1) is 22.1 Å². The van der Waals surface area contributed by atoms with Gasteiger partial charge in [-0.05, 0) is 36.1 Å². The molecule has 0 aliphatic carbocycles. The van der Waals surface area contributed by atoms with Gasteiger partial charge in [0.1, 0.15) is 11.6 Å². The molecule has 4 aromatic carbocycles. The summed E-state index contributed by atoms with van der Waals surface area (Å²) in [5.74, 6) is 3.52. The van der Waals surface area contributed by atoms with Crippen LogP contribution in [0, 0.1) is 11.8 Å². The highest BCUT2D eigenvalue weighted by molar-refractivity contribution is 5.80. The molecule has 0 unspecified atom stereocenters. The Labute approximate surface area is 227 Å². The third kappa shape index (κ3) is 9.04. The number of fused-ring (bicyclic) bond motifs is 2. The number of hydrogen-bond acceptors (Lipinski definition) is 2. The van der Waals surface area contributed by atoms with Gasteiger partial charge in [-0.1, -0.05) is 126 Å². The number of aromatic nitrogens is 4. The summed E-state index contributed by atoms with van der Waals surface area (Å²) < 4.78 is 0. The van der Waals surface area contributed by atoms with Crippen molar-refractivity contribution in [3.8, 4) is 22.8 Å². The molecule has 196 valence electrons. The van der Waals surface area contributed by atoms with Crippen LogP contribution in [0.5, 0.6) is 0 Å². The average molecular weight is 505 g/mol. The molecule has 4 nitrogen and oxygen atoms in total. The Morgan fingerprint density at radius 2 is 0.711 bits per heavy atom. The van der Waals surface area contributed by atoms with Crippen molar-refractivity contribution < 1.29 is 0 Å². The zero-order chi connectivity index (χ0) is 27.3. The highest BCUT2D eigenvalue weighted by atomic mass is 14.9. The molecule has 0 saturated carbocycles. The smallest absolute Gasteiger partial charge is 0.138 e. The van der Waals surface area contributed by atoms with Gasteiger partial charge < -0.3 is 9.97 Å². The predicted octanol–water partition coefficient (Wildman–Crippen LogP) is 9.78. The van der Waals surface area contributed by atoms with Crippen LogP contribution in [0.15, 0.2) is 109 Å². The van der Waals surface area contributed by atoms with E-state index >= 15 is 0 Å². The number of H-pyrrole nitrogens is 2. The lowest BCUT2D eigenvalue weighted by molar-refractivity contribution is 0.736. The molecule has 0 aliphatic rings. The van der Waals surface area contributed by atoms with Crippen molar-refractivity contribution in [2.45, 2.75) is 41.5 Å². The third-order valence-electron chi connectivity index (χ3n) is 4.87. The summed E-state index contributed by atoms with van der Waals surface area (Å²) in [6.07, 6.45) is 0. The van der Waals surface area contributed by atoms with E-state index in [1.165, 1.54) is 0 Å². The summed E-state index contributed by atoms with van der Waals surface area (Å²) in [7, 11) is 0. The van der Waals surface area contributed by atoms with Gasteiger partial charge in [0.2, 0.25) is 0 Å². The lowest BCUT2D eigenvalue weighted by Crippen LogP contribution is -1.77. The summed E-state index contributed by atoms with van der Waals surface area (Å²) in [5.41, 5.74) is 6.42. The van der Waals surface area contributed by atoms with Crippen LogP contribution in [0.2, 0.25) is 0 Å². The van der Waals surface area contributed by atoms with Crippen LogP contribution in [0.4, 0.5) is 0 Å². The minimum atomic E-state index is 0.833. The molecular weight excluding hydrogens is 464 g/mol. The van der Waals surface area contributed by atoms with Crippen LogP contribution in [0.3, 0.4) is 0 Å². The summed E-state index contributed by atoms with van der Waals surface area (Å²) in [4.78, 5) is 15.7. The lowest BCUT2D eigenvalue weighted by Gasteiger charge is -1.93. The number of hydrogen-bond donors (Lipinski definition) is 2. The van der Waals surface area contributed by atoms with Crippen LogP contribution in [-0.2, 0) is 0 Å². The molecule has 0 bridgehead atoms. The summed E-state index contributed by atoms with van der Waals surface area (Å²) in [6, 6.07) is 36.4. The van der Waals surface area contributed by atoms with Crippen molar-refractivity contribution in [1.29, 1.82) is 0 Å². The summed E-state index contributed by atoms with van der Waals surface area (Å²) >= 11 is 0. The topological polar surface area (TPSA) is 57.4 Å². The van der Waals surface area contributed by atoms with E-state index in [0.29, 0.717) is 0 Å². The molecule has 0 spiro atoms. The van der Waals surface area contributed by atoms with E-state index in [4.69, 9.17) is 0 Å². The number of nitrogens with one attached hydrogen (secondary N) is 2. The lowest BCUT2D eigenvalue weighted by atomic mass is 10.2. The highest BCUT2D eigenvalue weighted by Crippen LogP contribution is 2.20. The SMILES string of the molecule is CC(C)C.CC(C)C.c1ccc(-c2nc3ccccc3[nH]2)cc1.c1ccc(-c2nc3ccccc3[nH]2)cc1. The average Bonchev–Trinajstić information content (AvgIpc) is 3.54. The minimum Gasteiger partial charge on any atom is -0.338 e. The second-order valence-corrected chi connectivity index (χ2v) is 10.4. The van der Waals surface area contributed by atoms with Gasteiger partial charge in [-0.15, -0.1) is 0 Å². The molecule has 6 aromatic rings. The van der Waals surface area contributed by atoms with Crippen LogP contribution in [0.1, 0.15) is 41.5 Å². The van der Waals surface area contributed by atoms with E-state index in [-0.39, 0.29) is 0 Å². The van der Waals surface area contributed by atoms with E-state index in [1.54, 1.807) is 0 Å². The van der Waals surface area contributed by atoms with Crippen LogP contribution < -0.4 is 0 Å². The molecule has 2 heterocycles. The Hall–Kier alpha value is -4.18. The zero-order valence-electron chi connectivity index (χ0n) is 23.4. The zero-order valence-corrected chi connectivity index (χ0v) is 23.4. The van der Waals surface area contributed by atoms with Gasteiger partial charge in [-0.2, -0.15) is 0 Å². The van der Waals surface area contributed by atoms with Gasteiger partial charge in [0, 0.05) is 11.1 Å². The number of nitrogens with zero attached hydrogens (tertiary/aromatic N) is 2. The molecule has 0 amide bonds. The molecular formula is C34H40N4. The standard InChI is InChI=1S/2C13H10N2.2C4H10/c2*1-2-6-10(7-3-1)13-14-11-8-4-5-9-12(11)15-13;2*1-4(2)3/h2*1-9H,(H,14,15);2*4H,1-3H3. The Bertz CT molecular complexity index is 1290. The Kier molecular flexibility index (Phi) is 10.9. The maximum atomic E-state index is 4.53. The van der Waals surface area contributed by atoms with Crippen LogP contribution in [-0.4, -0.2) is 19.9 Å². The molecule has 0 atom stereocenters. The number of imidazole rings is 2. The van der Waals surface area contributed by atoms with Crippen molar-refractivity contribution >= 4 is 22.1 Å². The summed E-state index contributed by atoms with van der Waals surface area (Å²) in [5, 5.41) is 0. The number of rotatable bonds is 2. The molecule has 38 heavy (non-hydrogen) atoms. The van der Waals surface area contributed by atoms with Gasteiger partial charge in [0.15, 0.2) is 0 Å². The predicted molar refractivity (Wildman–Crippen MR) is 164 cm³/mol. The van der Waals surface area contributed by atoms with E-state index < -0.39 is 0 Å². The first-order valence-corrected chi connectivity index (χ1v) is 13.3. The molecule has 2 N–H and O–H groups in total. The fourth-order valence-electron chi connectivity index (χ4n) is 3.37. The number of benzene rings is 4. The van der Waals surface area contributed by atoms with E-state index in [0.717, 1.165) is 56.7 Å². The maximum absolute atomic E-state index is 4.53. The maximum Gasteiger partial charge on any atom is 0.138 e. The Balaban J connectivity index is 0.000000165. The first-order chi connectivity index (χ1) is 18.3. The van der Waals surface area contributed by atoms with Crippen molar-refractivity contribution in [2.75, 3.05) is 0 Å². The second kappa shape index (κ2) is 14.5. The molecule has 0 saturated heterocycles. The fourth-order valence-corrected chi connectivity index (χ4v) is 3.37. The van der Waals surface area contributed by atoms with E-state index in [9.17, 15) is 0 Å². The first kappa shape index (κ1) is 28.4. The van der Waals surface area contributed by atoms with E-state index in [1.807, 2.05) is 84.9 Å². The summed E-state index contributed by atoms with van der Waals surface area (Å²) in [6.45, 7) is 13.0. The Morgan fingerprint density at radius 3 is 1.03 bits per heavy atom. The monoisotopic (exact) mass is 504 g/mol. The molecule has 6 rings (SSSR count). The van der Waals surface area contributed by atoms with Crippen molar-refractivity contribution in [2.24, 2.45) is 11.8 Å². The van der Waals surface area contributed by atoms with Crippen molar-refractivity contribution in [3.05, 3.63) is 109 Å².